The number of nitrogens with zero attached hydrogens (tertiary/aromatic N) is 4. The van der Waals surface area contributed by atoms with Crippen LogP contribution in [0.2, 0.25) is 0 Å². The minimum absolute atomic E-state index is 0.129. The molecule has 188 valence electrons. The molecule has 1 aliphatic carbocycles. The Kier molecular flexibility index (Phi) is 6.27. The van der Waals surface area contributed by atoms with E-state index in [9.17, 15) is 10.1 Å². The quantitative estimate of drug-likeness (QED) is 0.374. The van der Waals surface area contributed by atoms with Gasteiger partial charge in [0.1, 0.15) is 0 Å². The average Bonchev–Trinajstić information content (AvgIpc) is 3.37. The standard InChI is InChI=1S/C30H32N6O/c31-18-20-7-9-26-23(16-20)25(19-33-26)29(37)6-3-11-35-12-14-36(15-13-35)21-8-10-28-24(17-21)30(32)22-4-1-2-5-27(22)34-28/h7-10,16-17,19,33H,1-6,11-15H2,(H2,32,34). The molecule has 0 spiro atoms. The first-order valence-electron chi connectivity index (χ1n) is 13.3. The van der Waals surface area contributed by atoms with Gasteiger partial charge in [0, 0.05) is 77.7 Å². The number of hydrogen-bond acceptors (Lipinski definition) is 6. The van der Waals surface area contributed by atoms with Gasteiger partial charge in [0.05, 0.1) is 17.1 Å². The van der Waals surface area contributed by atoms with Crippen LogP contribution in [0.4, 0.5) is 11.4 Å². The van der Waals surface area contributed by atoms with Crippen molar-refractivity contribution >= 4 is 39.0 Å². The Morgan fingerprint density at radius 1 is 1.05 bits per heavy atom. The number of H-pyrrole nitrogens is 1. The molecule has 2 aromatic carbocycles. The number of aromatic amines is 1. The van der Waals surface area contributed by atoms with Gasteiger partial charge < -0.3 is 15.6 Å². The molecule has 3 heterocycles. The fourth-order valence-electron chi connectivity index (χ4n) is 5.89. The summed E-state index contributed by atoms with van der Waals surface area (Å²) in [5.74, 6) is 0.129. The maximum atomic E-state index is 12.9. The van der Waals surface area contributed by atoms with Crippen molar-refractivity contribution in [2.45, 2.75) is 38.5 Å². The molecule has 0 saturated carbocycles. The lowest BCUT2D eigenvalue weighted by Crippen LogP contribution is -2.46. The Labute approximate surface area is 216 Å². The fourth-order valence-corrected chi connectivity index (χ4v) is 5.89. The number of piperazine rings is 1. The van der Waals surface area contributed by atoms with Crippen molar-refractivity contribution < 1.29 is 4.79 Å². The first kappa shape index (κ1) is 23.5. The lowest BCUT2D eigenvalue weighted by atomic mass is 9.93. The highest BCUT2D eigenvalue weighted by Gasteiger charge is 2.21. The van der Waals surface area contributed by atoms with E-state index >= 15 is 0 Å². The van der Waals surface area contributed by atoms with Crippen molar-refractivity contribution in [1.29, 1.82) is 5.26 Å². The van der Waals surface area contributed by atoms with Crippen molar-refractivity contribution in [3.63, 3.8) is 0 Å². The zero-order valence-corrected chi connectivity index (χ0v) is 21.1. The van der Waals surface area contributed by atoms with Crippen LogP contribution >= 0.6 is 0 Å². The van der Waals surface area contributed by atoms with E-state index in [1.807, 2.05) is 6.07 Å². The molecule has 7 nitrogen and oxygen atoms in total. The molecule has 0 radical (unpaired) electrons. The predicted molar refractivity (Wildman–Crippen MR) is 148 cm³/mol. The molecule has 0 amide bonds. The van der Waals surface area contributed by atoms with E-state index in [1.165, 1.54) is 29.8 Å². The molecule has 2 aromatic heterocycles. The number of pyridine rings is 1. The lowest BCUT2D eigenvalue weighted by Gasteiger charge is -2.36. The van der Waals surface area contributed by atoms with Gasteiger partial charge in [-0.25, -0.2) is 0 Å². The number of nitrogens with two attached hydrogens (primary N) is 1. The largest absolute Gasteiger partial charge is 0.398 e. The molecule has 1 saturated heterocycles. The minimum Gasteiger partial charge on any atom is -0.398 e. The third-order valence-electron chi connectivity index (χ3n) is 8.02. The van der Waals surface area contributed by atoms with Crippen molar-refractivity contribution in [3.8, 4) is 6.07 Å². The van der Waals surface area contributed by atoms with Crippen molar-refractivity contribution in [3.05, 3.63) is 65.0 Å². The van der Waals surface area contributed by atoms with Crippen LogP contribution < -0.4 is 10.6 Å². The number of fused-ring (bicyclic) bond motifs is 3. The maximum Gasteiger partial charge on any atom is 0.165 e. The average molecular weight is 493 g/mol. The molecule has 0 bridgehead atoms. The minimum atomic E-state index is 0.129. The number of Topliss-reactive ketones (excluding diaryl/α,β-unsaturated/α-hetero) is 1. The number of nitrogen functional groups attached to an aromatic ring is 1. The van der Waals surface area contributed by atoms with E-state index in [2.05, 4.69) is 39.1 Å². The summed E-state index contributed by atoms with van der Waals surface area (Å²) in [7, 11) is 0. The Morgan fingerprint density at radius 3 is 2.73 bits per heavy atom. The number of carbonyl (C=O) groups excluding carboxylic acids is 1. The second-order valence-electron chi connectivity index (χ2n) is 10.3. The lowest BCUT2D eigenvalue weighted by molar-refractivity contribution is 0.0976. The van der Waals surface area contributed by atoms with E-state index in [-0.39, 0.29) is 5.78 Å². The molecule has 4 aromatic rings. The summed E-state index contributed by atoms with van der Waals surface area (Å²) in [5.41, 5.74) is 14.3. The number of aryl methyl sites for hydroxylation is 1. The van der Waals surface area contributed by atoms with Gasteiger partial charge in [-0.15, -0.1) is 0 Å². The van der Waals surface area contributed by atoms with E-state index < -0.39 is 0 Å². The molecule has 0 unspecified atom stereocenters. The number of rotatable bonds is 6. The highest BCUT2D eigenvalue weighted by atomic mass is 16.1. The molecule has 3 N–H and O–H groups in total. The summed E-state index contributed by atoms with van der Waals surface area (Å²) in [6.07, 6.45) is 7.58. The van der Waals surface area contributed by atoms with Crippen LogP contribution in [-0.2, 0) is 12.8 Å². The Morgan fingerprint density at radius 2 is 1.89 bits per heavy atom. The number of benzene rings is 2. The molecule has 6 rings (SSSR count). The number of hydrogen-bond donors (Lipinski definition) is 2. The zero-order chi connectivity index (χ0) is 25.4. The topological polar surface area (TPSA) is 102 Å². The second-order valence-corrected chi connectivity index (χ2v) is 10.3. The smallest absolute Gasteiger partial charge is 0.165 e. The van der Waals surface area contributed by atoms with Crippen LogP contribution in [0, 0.1) is 11.3 Å². The number of anilines is 2. The summed E-state index contributed by atoms with van der Waals surface area (Å²) in [6.45, 7) is 4.77. The third kappa shape index (κ3) is 4.54. The molecule has 1 fully saturated rings. The molecule has 0 atom stereocenters. The molecular weight excluding hydrogens is 460 g/mol. The van der Waals surface area contributed by atoms with Gasteiger partial charge in [-0.3, -0.25) is 14.7 Å². The highest BCUT2D eigenvalue weighted by molar-refractivity contribution is 6.08. The van der Waals surface area contributed by atoms with Crippen LogP contribution in [0.15, 0.2) is 42.6 Å². The van der Waals surface area contributed by atoms with Gasteiger partial charge in [-0.2, -0.15) is 5.26 Å². The summed E-state index contributed by atoms with van der Waals surface area (Å²) in [6, 6.07) is 14.1. The normalized spacial score (nSPS) is 16.1. The first-order valence-corrected chi connectivity index (χ1v) is 13.3. The fraction of sp³-hybridized carbons (Fsp3) is 0.367. The van der Waals surface area contributed by atoms with Crippen LogP contribution in [-0.4, -0.2) is 53.4 Å². The Bertz CT molecular complexity index is 1520. The number of nitriles is 1. The van der Waals surface area contributed by atoms with Gasteiger partial charge in [0.2, 0.25) is 0 Å². The Balaban J connectivity index is 1.05. The Hall–Kier alpha value is -3.89. The maximum absolute atomic E-state index is 12.9. The van der Waals surface area contributed by atoms with Crippen molar-refractivity contribution in [2.24, 2.45) is 0 Å². The zero-order valence-electron chi connectivity index (χ0n) is 21.1. The SMILES string of the molecule is N#Cc1ccc2[nH]cc(C(=O)CCCN3CCN(c4ccc5nc6c(c(N)c5c4)CCCC6)CC3)c2c1. The van der Waals surface area contributed by atoms with E-state index in [1.54, 1.807) is 18.3 Å². The second kappa shape index (κ2) is 9.87. The van der Waals surface area contributed by atoms with Gasteiger partial charge in [-0.05, 0) is 80.6 Å². The van der Waals surface area contributed by atoms with E-state index in [0.717, 1.165) is 79.5 Å². The summed E-state index contributed by atoms with van der Waals surface area (Å²) in [4.78, 5) is 25.8. The van der Waals surface area contributed by atoms with Crippen LogP contribution in [0.25, 0.3) is 21.8 Å². The third-order valence-corrected chi connectivity index (χ3v) is 8.02. The number of ketones is 1. The van der Waals surface area contributed by atoms with E-state index in [0.29, 0.717) is 17.5 Å². The first-order chi connectivity index (χ1) is 18.1. The molecular formula is C30H32N6O. The molecule has 1 aliphatic heterocycles. The van der Waals surface area contributed by atoms with Gasteiger partial charge >= 0.3 is 0 Å². The molecule has 2 aliphatic rings. The highest BCUT2D eigenvalue weighted by Crippen LogP contribution is 2.33. The van der Waals surface area contributed by atoms with Crippen LogP contribution in [0.3, 0.4) is 0 Å². The van der Waals surface area contributed by atoms with Crippen LogP contribution in [0.1, 0.15) is 52.9 Å². The number of nitrogens with one attached hydrogen (secondary N) is 1. The monoisotopic (exact) mass is 492 g/mol. The van der Waals surface area contributed by atoms with Crippen LogP contribution in [0.5, 0.6) is 0 Å². The van der Waals surface area contributed by atoms with Gasteiger partial charge in [-0.1, -0.05) is 0 Å². The summed E-state index contributed by atoms with van der Waals surface area (Å²) in [5, 5.41) is 11.1. The number of aromatic nitrogens is 2. The predicted octanol–water partition coefficient (Wildman–Crippen LogP) is 4.83. The van der Waals surface area contributed by atoms with Crippen molar-refractivity contribution in [1.82, 2.24) is 14.9 Å². The summed E-state index contributed by atoms with van der Waals surface area (Å²) >= 11 is 0. The van der Waals surface area contributed by atoms with Crippen molar-refractivity contribution in [2.75, 3.05) is 43.4 Å². The van der Waals surface area contributed by atoms with E-state index in [4.69, 9.17) is 10.7 Å². The molecule has 37 heavy (non-hydrogen) atoms. The summed E-state index contributed by atoms with van der Waals surface area (Å²) < 4.78 is 0. The number of carbonyl (C=O) groups is 1. The van der Waals surface area contributed by atoms with Gasteiger partial charge in [0.15, 0.2) is 5.78 Å². The molecule has 7 heteroatoms. The van der Waals surface area contributed by atoms with Gasteiger partial charge in [0.25, 0.3) is 0 Å².